The van der Waals surface area contributed by atoms with E-state index in [1.54, 1.807) is 0 Å². The molecule has 3 N–H and O–H groups in total. The fourth-order valence-electron chi connectivity index (χ4n) is 1.94. The number of hydrogen-bond donors (Lipinski definition) is 3. The SMILES string of the molecule is O=C(O)C1CSCCN1C(=O)c1c(O)cccc1O. The lowest BCUT2D eigenvalue weighted by Crippen LogP contribution is -2.50. The molecule has 1 unspecified atom stereocenters. The van der Waals surface area contributed by atoms with Gasteiger partial charge in [0.2, 0.25) is 0 Å². The Hall–Kier alpha value is -1.89. The molecule has 2 rings (SSSR count). The van der Waals surface area contributed by atoms with Crippen molar-refractivity contribution in [2.45, 2.75) is 6.04 Å². The van der Waals surface area contributed by atoms with Crippen LogP contribution in [0.15, 0.2) is 18.2 Å². The summed E-state index contributed by atoms with van der Waals surface area (Å²) in [7, 11) is 0. The standard InChI is InChI=1S/C12H13NO5S/c14-8-2-1-3-9(15)10(8)11(16)13-4-5-19-6-7(13)12(17)18/h1-3,7,14-15H,4-6H2,(H,17,18). The zero-order valence-corrected chi connectivity index (χ0v) is 10.8. The number of benzene rings is 1. The van der Waals surface area contributed by atoms with Gasteiger partial charge in [-0.25, -0.2) is 4.79 Å². The summed E-state index contributed by atoms with van der Waals surface area (Å²) in [5.74, 6) is -1.53. The summed E-state index contributed by atoms with van der Waals surface area (Å²) in [6.45, 7) is 0.272. The summed E-state index contributed by atoms with van der Waals surface area (Å²) in [6, 6.07) is 3.02. The maximum Gasteiger partial charge on any atom is 0.327 e. The average molecular weight is 283 g/mol. The first-order valence-corrected chi connectivity index (χ1v) is 6.80. The molecule has 0 spiro atoms. The van der Waals surface area contributed by atoms with Gasteiger partial charge in [0, 0.05) is 18.1 Å². The topological polar surface area (TPSA) is 98.1 Å². The number of phenols is 2. The van der Waals surface area contributed by atoms with Crippen LogP contribution in [0.25, 0.3) is 0 Å². The number of rotatable bonds is 2. The van der Waals surface area contributed by atoms with E-state index in [0.29, 0.717) is 11.5 Å². The van der Waals surface area contributed by atoms with Crippen LogP contribution in [0.4, 0.5) is 0 Å². The molecule has 1 heterocycles. The lowest BCUT2D eigenvalue weighted by molar-refractivity contribution is -0.141. The van der Waals surface area contributed by atoms with E-state index in [-0.39, 0.29) is 23.6 Å². The molecule has 1 fully saturated rings. The minimum Gasteiger partial charge on any atom is -0.507 e. The van der Waals surface area contributed by atoms with E-state index in [4.69, 9.17) is 5.11 Å². The molecule has 1 amide bonds. The largest absolute Gasteiger partial charge is 0.507 e. The quantitative estimate of drug-likeness (QED) is 0.740. The van der Waals surface area contributed by atoms with Crippen molar-refractivity contribution in [3.63, 3.8) is 0 Å². The first kappa shape index (κ1) is 13.5. The predicted molar refractivity (Wildman–Crippen MR) is 69.6 cm³/mol. The lowest BCUT2D eigenvalue weighted by atomic mass is 10.1. The Kier molecular flexibility index (Phi) is 3.84. The van der Waals surface area contributed by atoms with Crippen molar-refractivity contribution in [3.05, 3.63) is 23.8 Å². The molecule has 0 saturated carbocycles. The van der Waals surface area contributed by atoms with E-state index in [9.17, 15) is 19.8 Å². The van der Waals surface area contributed by atoms with Gasteiger partial charge in [0.25, 0.3) is 5.91 Å². The monoisotopic (exact) mass is 283 g/mol. The van der Waals surface area contributed by atoms with Crippen molar-refractivity contribution < 1.29 is 24.9 Å². The second kappa shape index (κ2) is 5.40. The Morgan fingerprint density at radius 2 is 1.89 bits per heavy atom. The van der Waals surface area contributed by atoms with E-state index in [0.717, 1.165) is 0 Å². The summed E-state index contributed by atoms with van der Waals surface area (Å²) in [6.07, 6.45) is 0. The molecule has 6 nitrogen and oxygen atoms in total. The van der Waals surface area contributed by atoms with Gasteiger partial charge in [-0.05, 0) is 12.1 Å². The minimum absolute atomic E-state index is 0.249. The average Bonchev–Trinajstić information content (AvgIpc) is 2.38. The van der Waals surface area contributed by atoms with Gasteiger partial charge < -0.3 is 20.2 Å². The summed E-state index contributed by atoms with van der Waals surface area (Å²) in [5.41, 5.74) is -0.249. The molecule has 7 heteroatoms. The van der Waals surface area contributed by atoms with E-state index < -0.39 is 17.9 Å². The van der Waals surface area contributed by atoms with Gasteiger partial charge in [-0.2, -0.15) is 11.8 Å². The van der Waals surface area contributed by atoms with Crippen molar-refractivity contribution in [2.24, 2.45) is 0 Å². The molecule has 1 aromatic carbocycles. The van der Waals surface area contributed by atoms with Crippen LogP contribution in [0.5, 0.6) is 11.5 Å². The van der Waals surface area contributed by atoms with Crippen LogP contribution >= 0.6 is 11.8 Å². The number of carboxylic acid groups (broad SMARTS) is 1. The molecule has 0 aliphatic carbocycles. The Morgan fingerprint density at radius 3 is 2.47 bits per heavy atom. The zero-order valence-electron chi connectivity index (χ0n) is 9.94. The summed E-state index contributed by atoms with van der Waals surface area (Å²) >= 11 is 1.46. The van der Waals surface area contributed by atoms with Crippen molar-refractivity contribution in [2.75, 3.05) is 18.1 Å². The number of amides is 1. The fraction of sp³-hybridized carbons (Fsp3) is 0.333. The van der Waals surface area contributed by atoms with Gasteiger partial charge in [0.15, 0.2) is 0 Å². The number of thioether (sulfide) groups is 1. The summed E-state index contributed by atoms with van der Waals surface area (Å²) in [4.78, 5) is 24.6. The predicted octanol–water partition coefficient (Wildman–Crippen LogP) is 0.740. The second-order valence-corrected chi connectivity index (χ2v) is 5.25. The molecule has 1 aliphatic heterocycles. The number of carbonyl (C=O) groups is 2. The van der Waals surface area contributed by atoms with Gasteiger partial charge in [-0.1, -0.05) is 6.07 Å². The second-order valence-electron chi connectivity index (χ2n) is 4.10. The summed E-state index contributed by atoms with van der Waals surface area (Å²) < 4.78 is 0. The highest BCUT2D eigenvalue weighted by atomic mass is 32.2. The van der Waals surface area contributed by atoms with Crippen molar-refractivity contribution >= 4 is 23.6 Å². The number of phenolic OH excluding ortho intramolecular Hbond substituents is 2. The normalized spacial score (nSPS) is 19.2. The van der Waals surface area contributed by atoms with Crippen LogP contribution in [0, 0.1) is 0 Å². The maximum atomic E-state index is 12.3. The number of hydrogen-bond acceptors (Lipinski definition) is 5. The highest BCUT2D eigenvalue weighted by Gasteiger charge is 2.34. The van der Waals surface area contributed by atoms with Crippen LogP contribution in [0.2, 0.25) is 0 Å². The molecule has 1 aromatic rings. The zero-order chi connectivity index (χ0) is 14.0. The van der Waals surface area contributed by atoms with Crippen molar-refractivity contribution in [1.82, 2.24) is 4.90 Å². The molecule has 19 heavy (non-hydrogen) atoms. The maximum absolute atomic E-state index is 12.3. The van der Waals surface area contributed by atoms with Crippen LogP contribution in [-0.2, 0) is 4.79 Å². The summed E-state index contributed by atoms with van der Waals surface area (Å²) in [5, 5.41) is 28.4. The van der Waals surface area contributed by atoms with E-state index in [2.05, 4.69) is 0 Å². The van der Waals surface area contributed by atoms with Gasteiger partial charge in [0.1, 0.15) is 23.1 Å². The van der Waals surface area contributed by atoms with E-state index >= 15 is 0 Å². The lowest BCUT2D eigenvalue weighted by Gasteiger charge is -2.32. The molecular weight excluding hydrogens is 270 g/mol. The van der Waals surface area contributed by atoms with Gasteiger partial charge in [0.05, 0.1) is 0 Å². The van der Waals surface area contributed by atoms with Crippen LogP contribution in [0.1, 0.15) is 10.4 Å². The molecule has 0 bridgehead atoms. The minimum atomic E-state index is -1.09. The third-order valence-corrected chi connectivity index (χ3v) is 3.93. The van der Waals surface area contributed by atoms with Crippen LogP contribution in [0.3, 0.4) is 0 Å². The number of aliphatic carboxylic acids is 1. The fourth-order valence-corrected chi connectivity index (χ4v) is 2.98. The van der Waals surface area contributed by atoms with Crippen LogP contribution < -0.4 is 0 Å². The molecule has 0 radical (unpaired) electrons. The third-order valence-electron chi connectivity index (χ3n) is 2.91. The first-order chi connectivity index (χ1) is 9.02. The highest BCUT2D eigenvalue weighted by Crippen LogP contribution is 2.29. The smallest absolute Gasteiger partial charge is 0.327 e. The molecule has 1 saturated heterocycles. The van der Waals surface area contributed by atoms with E-state index in [1.165, 1.54) is 34.9 Å². The highest BCUT2D eigenvalue weighted by molar-refractivity contribution is 7.99. The Morgan fingerprint density at radius 1 is 1.26 bits per heavy atom. The molecule has 1 atom stereocenters. The van der Waals surface area contributed by atoms with Gasteiger partial charge in [-0.3, -0.25) is 4.79 Å². The number of nitrogens with zero attached hydrogens (tertiary/aromatic N) is 1. The molecule has 1 aliphatic rings. The Labute approximate surface area is 113 Å². The number of aromatic hydroxyl groups is 2. The molecule has 102 valence electrons. The Balaban J connectivity index is 2.34. The van der Waals surface area contributed by atoms with Gasteiger partial charge in [-0.15, -0.1) is 0 Å². The Bertz CT molecular complexity index is 499. The molecule has 0 aromatic heterocycles. The van der Waals surface area contributed by atoms with Gasteiger partial charge >= 0.3 is 5.97 Å². The molecular formula is C12H13NO5S. The van der Waals surface area contributed by atoms with Crippen LogP contribution in [-0.4, -0.2) is 56.2 Å². The first-order valence-electron chi connectivity index (χ1n) is 5.65. The number of carboxylic acids is 1. The van der Waals surface area contributed by atoms with Crippen molar-refractivity contribution in [3.8, 4) is 11.5 Å². The van der Waals surface area contributed by atoms with Crippen molar-refractivity contribution in [1.29, 1.82) is 0 Å². The van der Waals surface area contributed by atoms with E-state index in [1.807, 2.05) is 0 Å². The third kappa shape index (κ3) is 2.60. The number of carbonyl (C=O) groups excluding carboxylic acids is 1.